The van der Waals surface area contributed by atoms with Gasteiger partial charge >= 0.3 is 0 Å². The van der Waals surface area contributed by atoms with E-state index in [0.29, 0.717) is 34.1 Å². The number of benzene rings is 1. The van der Waals surface area contributed by atoms with Gasteiger partial charge in [-0.3, -0.25) is 5.10 Å². The van der Waals surface area contributed by atoms with Gasteiger partial charge in [0.25, 0.3) is 0 Å². The van der Waals surface area contributed by atoms with E-state index in [4.69, 9.17) is 0 Å². The van der Waals surface area contributed by atoms with Crippen LogP contribution in [0.1, 0.15) is 11.4 Å². The Labute approximate surface area is 158 Å². The van der Waals surface area contributed by atoms with Crippen LogP contribution in [0.4, 0.5) is 11.5 Å². The van der Waals surface area contributed by atoms with E-state index in [1.165, 1.54) is 0 Å². The number of hydrogen-bond acceptors (Lipinski definition) is 7. The summed E-state index contributed by atoms with van der Waals surface area (Å²) in [5.74, 6) is 1.22. The summed E-state index contributed by atoms with van der Waals surface area (Å²) in [6.07, 6.45) is 4.99. The molecule has 138 valence electrons. The average molecular weight is 372 g/mol. The molecule has 0 saturated carbocycles. The third kappa shape index (κ3) is 2.65. The van der Waals surface area contributed by atoms with Crippen LogP contribution in [0.2, 0.25) is 0 Å². The largest absolute Gasteiger partial charge is 0.392 e. The number of aryl methyl sites for hydroxylation is 1. The lowest BCUT2D eigenvalue weighted by Gasteiger charge is -2.13. The number of fused-ring (bicyclic) bond motifs is 2. The highest BCUT2D eigenvalue weighted by Crippen LogP contribution is 2.33. The number of anilines is 2. The summed E-state index contributed by atoms with van der Waals surface area (Å²) in [5, 5.41) is 21.0. The van der Waals surface area contributed by atoms with Crippen molar-refractivity contribution in [3.8, 4) is 11.3 Å². The zero-order chi connectivity index (χ0) is 19.1. The molecule has 5 aromatic rings. The zero-order valence-corrected chi connectivity index (χ0v) is 14.9. The lowest BCUT2D eigenvalue weighted by Crippen LogP contribution is -2.02. The van der Waals surface area contributed by atoms with Crippen molar-refractivity contribution in [3.63, 3.8) is 0 Å². The summed E-state index contributed by atoms with van der Waals surface area (Å²) in [7, 11) is 0. The van der Waals surface area contributed by atoms with Gasteiger partial charge in [0.05, 0.1) is 30.3 Å². The van der Waals surface area contributed by atoms with Gasteiger partial charge in [-0.2, -0.15) is 5.10 Å². The second kappa shape index (κ2) is 6.39. The van der Waals surface area contributed by atoms with Gasteiger partial charge in [-0.25, -0.2) is 19.9 Å². The molecule has 0 unspecified atom stereocenters. The molecular weight excluding hydrogens is 356 g/mol. The summed E-state index contributed by atoms with van der Waals surface area (Å²) in [5.41, 5.74) is 5.14. The molecule has 0 fully saturated rings. The van der Waals surface area contributed by atoms with Crippen LogP contribution in [0.25, 0.3) is 33.3 Å². The zero-order valence-electron chi connectivity index (χ0n) is 14.9. The molecule has 0 bridgehead atoms. The average Bonchev–Trinajstić information content (AvgIpc) is 3.37. The van der Waals surface area contributed by atoms with Gasteiger partial charge in [-0.05, 0) is 30.7 Å². The Kier molecular flexibility index (Phi) is 3.73. The van der Waals surface area contributed by atoms with E-state index in [0.717, 1.165) is 22.2 Å². The van der Waals surface area contributed by atoms with Crippen LogP contribution in [0, 0.1) is 6.92 Å². The van der Waals surface area contributed by atoms with Crippen LogP contribution < -0.4 is 5.32 Å². The maximum absolute atomic E-state index is 9.60. The number of aromatic amines is 2. The topological polar surface area (TPSA) is 128 Å². The van der Waals surface area contributed by atoms with E-state index in [-0.39, 0.29) is 6.61 Å². The summed E-state index contributed by atoms with van der Waals surface area (Å²) in [4.78, 5) is 20.9. The van der Waals surface area contributed by atoms with E-state index in [9.17, 15) is 5.11 Å². The second-order valence-electron chi connectivity index (χ2n) is 6.38. The highest BCUT2D eigenvalue weighted by Gasteiger charge is 2.17. The van der Waals surface area contributed by atoms with E-state index < -0.39 is 0 Å². The third-order valence-corrected chi connectivity index (χ3v) is 4.51. The lowest BCUT2D eigenvalue weighted by molar-refractivity contribution is 0.281. The van der Waals surface area contributed by atoms with Gasteiger partial charge in [0.2, 0.25) is 0 Å². The Balaban J connectivity index is 1.71. The van der Waals surface area contributed by atoms with Crippen molar-refractivity contribution in [1.29, 1.82) is 0 Å². The van der Waals surface area contributed by atoms with Crippen LogP contribution in [-0.4, -0.2) is 40.2 Å². The van der Waals surface area contributed by atoms with Crippen LogP contribution in [-0.2, 0) is 6.61 Å². The van der Waals surface area contributed by atoms with Crippen molar-refractivity contribution in [3.05, 3.63) is 54.4 Å². The Bertz CT molecular complexity index is 1310. The Morgan fingerprint density at radius 1 is 1.14 bits per heavy atom. The number of aromatic nitrogens is 7. The van der Waals surface area contributed by atoms with Crippen LogP contribution >= 0.6 is 0 Å². The van der Waals surface area contributed by atoms with Crippen molar-refractivity contribution in [2.75, 3.05) is 5.32 Å². The fourth-order valence-electron chi connectivity index (χ4n) is 3.21. The number of rotatable bonds is 4. The van der Waals surface area contributed by atoms with Gasteiger partial charge < -0.3 is 15.4 Å². The quantitative estimate of drug-likeness (QED) is 0.382. The van der Waals surface area contributed by atoms with Gasteiger partial charge in [0.15, 0.2) is 5.65 Å². The molecule has 4 N–H and O–H groups in total. The molecule has 0 amide bonds. The lowest BCUT2D eigenvalue weighted by atomic mass is 10.1. The summed E-state index contributed by atoms with van der Waals surface area (Å²) in [6, 6.07) is 7.71. The molecular formula is C19H16N8O. The van der Waals surface area contributed by atoms with E-state index >= 15 is 0 Å². The molecule has 28 heavy (non-hydrogen) atoms. The van der Waals surface area contributed by atoms with Crippen LogP contribution in [0.5, 0.6) is 0 Å². The van der Waals surface area contributed by atoms with Crippen molar-refractivity contribution in [2.45, 2.75) is 13.5 Å². The van der Waals surface area contributed by atoms with Gasteiger partial charge in [-0.1, -0.05) is 6.07 Å². The molecule has 0 aliphatic heterocycles. The minimum absolute atomic E-state index is 0.120. The highest BCUT2D eigenvalue weighted by molar-refractivity contribution is 5.96. The first kappa shape index (κ1) is 16.3. The summed E-state index contributed by atoms with van der Waals surface area (Å²) >= 11 is 0. The highest BCUT2D eigenvalue weighted by atomic mass is 16.3. The standard InChI is InChI=1S/C19H16N8O/c1-10-24-16(17-19(25-10)22-9-21-17)12-5-11(8-28)6-20-18(12)26-14-3-2-4-15-13(14)7-23-27-15/h2-7,9,28H,8H2,1H3,(H,20,26)(H,23,27)(H,21,22,24,25). The molecule has 5 rings (SSSR count). The first-order valence-corrected chi connectivity index (χ1v) is 8.70. The second-order valence-corrected chi connectivity index (χ2v) is 6.38. The fourth-order valence-corrected chi connectivity index (χ4v) is 3.21. The molecule has 0 spiro atoms. The molecule has 0 aliphatic carbocycles. The van der Waals surface area contributed by atoms with Crippen molar-refractivity contribution in [1.82, 2.24) is 35.1 Å². The number of nitrogens with zero attached hydrogens (tertiary/aromatic N) is 5. The van der Waals surface area contributed by atoms with Crippen LogP contribution in [0.15, 0.2) is 43.0 Å². The number of hydrogen-bond donors (Lipinski definition) is 4. The number of pyridine rings is 1. The maximum atomic E-state index is 9.60. The number of aliphatic hydroxyl groups is 1. The molecule has 1 aromatic carbocycles. The number of imidazole rings is 1. The van der Waals surface area contributed by atoms with Gasteiger partial charge in [0, 0.05) is 17.1 Å². The monoisotopic (exact) mass is 372 g/mol. The Morgan fingerprint density at radius 3 is 2.96 bits per heavy atom. The number of aliphatic hydroxyl groups excluding tert-OH is 1. The first-order chi connectivity index (χ1) is 13.7. The molecule has 0 radical (unpaired) electrons. The normalized spacial score (nSPS) is 11.4. The summed E-state index contributed by atoms with van der Waals surface area (Å²) in [6.45, 7) is 1.71. The van der Waals surface area contributed by atoms with Gasteiger partial charge in [0.1, 0.15) is 22.9 Å². The molecule has 4 aromatic heterocycles. The summed E-state index contributed by atoms with van der Waals surface area (Å²) < 4.78 is 0. The molecule has 9 nitrogen and oxygen atoms in total. The molecule has 0 aliphatic rings. The predicted octanol–water partition coefficient (Wildman–Crippen LogP) is 2.84. The van der Waals surface area contributed by atoms with E-state index in [2.05, 4.69) is 40.4 Å². The molecule has 4 heterocycles. The van der Waals surface area contributed by atoms with E-state index in [1.54, 1.807) is 18.7 Å². The van der Waals surface area contributed by atoms with Crippen molar-refractivity contribution in [2.24, 2.45) is 0 Å². The minimum atomic E-state index is -0.120. The van der Waals surface area contributed by atoms with Crippen molar-refractivity contribution >= 4 is 33.6 Å². The maximum Gasteiger partial charge on any atom is 0.161 e. The molecule has 9 heteroatoms. The predicted molar refractivity (Wildman–Crippen MR) is 105 cm³/mol. The Morgan fingerprint density at radius 2 is 2.07 bits per heavy atom. The smallest absolute Gasteiger partial charge is 0.161 e. The fraction of sp³-hybridized carbons (Fsp3) is 0.105. The first-order valence-electron chi connectivity index (χ1n) is 8.70. The Hall–Kier alpha value is -3.85. The number of H-pyrrole nitrogens is 2. The third-order valence-electron chi connectivity index (χ3n) is 4.51. The SMILES string of the molecule is Cc1nc(-c2cc(CO)cnc2Nc2cccc3[nH]ncc23)c2nc[nH]c2n1. The van der Waals surface area contributed by atoms with Gasteiger partial charge in [-0.15, -0.1) is 0 Å². The molecule has 0 saturated heterocycles. The van der Waals surface area contributed by atoms with E-state index in [1.807, 2.05) is 31.2 Å². The minimum Gasteiger partial charge on any atom is -0.392 e. The number of nitrogens with one attached hydrogen (secondary N) is 3. The molecule has 0 atom stereocenters. The van der Waals surface area contributed by atoms with Crippen LogP contribution in [0.3, 0.4) is 0 Å². The van der Waals surface area contributed by atoms with Crippen molar-refractivity contribution < 1.29 is 5.11 Å².